The molecule has 0 atom stereocenters. The third kappa shape index (κ3) is 2.62. The number of aromatic nitrogens is 4. The molecule has 0 bridgehead atoms. The SMILES string of the molecule is COc1cc(Cl)cc(CNc2nn[nH]n2)c1OC. The lowest BCUT2D eigenvalue weighted by atomic mass is 10.2. The molecule has 7 nitrogen and oxygen atoms in total. The van der Waals surface area contributed by atoms with Crippen molar-refractivity contribution in [3.63, 3.8) is 0 Å². The third-order valence-electron chi connectivity index (χ3n) is 2.30. The molecular formula is C10H12ClN5O2. The standard InChI is InChI=1S/C10H12ClN5O2/c1-17-8-4-7(11)3-6(9(8)18-2)5-12-10-13-15-16-14-10/h3-4H,5H2,1-2H3,(H2,12,13,14,15,16). The zero-order valence-corrected chi connectivity index (χ0v) is 10.7. The largest absolute Gasteiger partial charge is 0.493 e. The van der Waals surface area contributed by atoms with Crippen molar-refractivity contribution in [3.05, 3.63) is 22.7 Å². The molecule has 1 aromatic heterocycles. The summed E-state index contributed by atoms with van der Waals surface area (Å²) < 4.78 is 10.5. The highest BCUT2D eigenvalue weighted by molar-refractivity contribution is 6.30. The van der Waals surface area contributed by atoms with Crippen molar-refractivity contribution in [1.29, 1.82) is 0 Å². The molecule has 0 fully saturated rings. The number of methoxy groups -OCH3 is 2. The summed E-state index contributed by atoms with van der Waals surface area (Å²) in [5.41, 5.74) is 0.839. The van der Waals surface area contributed by atoms with Gasteiger partial charge in [0, 0.05) is 23.2 Å². The normalized spacial score (nSPS) is 10.2. The summed E-state index contributed by atoms with van der Waals surface area (Å²) in [6.45, 7) is 0.444. The smallest absolute Gasteiger partial charge is 0.263 e. The van der Waals surface area contributed by atoms with Crippen LogP contribution in [-0.2, 0) is 6.54 Å². The lowest BCUT2D eigenvalue weighted by Gasteiger charge is -2.13. The van der Waals surface area contributed by atoms with Gasteiger partial charge in [-0.3, -0.25) is 0 Å². The van der Waals surface area contributed by atoms with Crippen LogP contribution in [0, 0.1) is 0 Å². The van der Waals surface area contributed by atoms with E-state index in [1.165, 1.54) is 0 Å². The first kappa shape index (κ1) is 12.4. The van der Waals surface area contributed by atoms with E-state index in [1.807, 2.05) is 0 Å². The summed E-state index contributed by atoms with van der Waals surface area (Å²) in [6, 6.07) is 3.48. The van der Waals surface area contributed by atoms with Gasteiger partial charge >= 0.3 is 0 Å². The predicted octanol–water partition coefficient (Wildman–Crippen LogP) is 1.48. The molecule has 0 aliphatic heterocycles. The van der Waals surface area contributed by atoms with E-state index in [4.69, 9.17) is 21.1 Å². The van der Waals surface area contributed by atoms with E-state index in [1.54, 1.807) is 26.4 Å². The van der Waals surface area contributed by atoms with E-state index in [-0.39, 0.29) is 0 Å². The zero-order chi connectivity index (χ0) is 13.0. The molecular weight excluding hydrogens is 258 g/mol. The summed E-state index contributed by atoms with van der Waals surface area (Å²) in [4.78, 5) is 0. The van der Waals surface area contributed by atoms with Crippen LogP contribution in [0.4, 0.5) is 5.95 Å². The molecule has 1 heterocycles. The number of nitrogens with one attached hydrogen (secondary N) is 2. The van der Waals surface area contributed by atoms with Gasteiger partial charge < -0.3 is 14.8 Å². The minimum absolute atomic E-state index is 0.399. The number of hydrogen-bond donors (Lipinski definition) is 2. The number of rotatable bonds is 5. The highest BCUT2D eigenvalue weighted by atomic mass is 35.5. The van der Waals surface area contributed by atoms with Crippen LogP contribution in [0.5, 0.6) is 11.5 Å². The van der Waals surface area contributed by atoms with Gasteiger partial charge in [0.1, 0.15) is 0 Å². The summed E-state index contributed by atoms with van der Waals surface area (Å²) in [7, 11) is 3.13. The topological polar surface area (TPSA) is 85.0 Å². The Morgan fingerprint density at radius 3 is 2.78 bits per heavy atom. The second-order valence-corrected chi connectivity index (χ2v) is 3.83. The molecule has 0 aliphatic rings. The molecule has 96 valence electrons. The van der Waals surface area contributed by atoms with Crippen LogP contribution in [-0.4, -0.2) is 34.8 Å². The van der Waals surface area contributed by atoms with E-state index in [0.717, 1.165) is 5.56 Å². The first-order chi connectivity index (χ1) is 8.74. The van der Waals surface area contributed by atoms with Gasteiger partial charge in [0.05, 0.1) is 14.2 Å². The summed E-state index contributed by atoms with van der Waals surface area (Å²) >= 11 is 6.01. The highest BCUT2D eigenvalue weighted by Gasteiger charge is 2.12. The van der Waals surface area contributed by atoms with Crippen molar-refractivity contribution < 1.29 is 9.47 Å². The van der Waals surface area contributed by atoms with Crippen LogP contribution < -0.4 is 14.8 Å². The molecule has 0 spiro atoms. The van der Waals surface area contributed by atoms with E-state index < -0.39 is 0 Å². The van der Waals surface area contributed by atoms with Gasteiger partial charge in [-0.05, 0) is 11.3 Å². The van der Waals surface area contributed by atoms with Crippen molar-refractivity contribution in [2.24, 2.45) is 0 Å². The van der Waals surface area contributed by atoms with Crippen LogP contribution in [0.15, 0.2) is 12.1 Å². The van der Waals surface area contributed by atoms with Gasteiger partial charge in [0.15, 0.2) is 11.5 Å². The first-order valence-electron chi connectivity index (χ1n) is 5.12. The van der Waals surface area contributed by atoms with E-state index in [9.17, 15) is 0 Å². The van der Waals surface area contributed by atoms with Gasteiger partial charge in [0.25, 0.3) is 5.95 Å². The lowest BCUT2D eigenvalue weighted by molar-refractivity contribution is 0.352. The number of hydrogen-bond acceptors (Lipinski definition) is 6. The molecule has 0 saturated heterocycles. The highest BCUT2D eigenvalue weighted by Crippen LogP contribution is 2.34. The zero-order valence-electron chi connectivity index (χ0n) is 9.90. The number of ether oxygens (including phenoxy) is 2. The number of H-pyrrole nitrogens is 1. The van der Waals surface area contributed by atoms with Crippen LogP contribution >= 0.6 is 11.6 Å². The maximum atomic E-state index is 6.01. The average molecular weight is 270 g/mol. The summed E-state index contributed by atoms with van der Waals surface area (Å²) in [6.07, 6.45) is 0. The molecule has 8 heteroatoms. The number of halogens is 1. The summed E-state index contributed by atoms with van der Waals surface area (Å²) in [5, 5.41) is 16.9. The van der Waals surface area contributed by atoms with Gasteiger partial charge in [-0.15, -0.1) is 5.10 Å². The number of tetrazole rings is 1. The van der Waals surface area contributed by atoms with Gasteiger partial charge in [-0.25, -0.2) is 0 Å². The Balaban J connectivity index is 2.23. The predicted molar refractivity (Wildman–Crippen MR) is 66.1 cm³/mol. The fourth-order valence-electron chi connectivity index (χ4n) is 1.55. The second-order valence-electron chi connectivity index (χ2n) is 3.39. The van der Waals surface area contributed by atoms with Gasteiger partial charge in [-0.2, -0.15) is 5.21 Å². The van der Waals surface area contributed by atoms with Crippen LogP contribution in [0.3, 0.4) is 0 Å². The Kier molecular flexibility index (Phi) is 3.83. The molecule has 0 aliphatic carbocycles. The van der Waals surface area contributed by atoms with E-state index in [0.29, 0.717) is 29.0 Å². The van der Waals surface area contributed by atoms with E-state index in [2.05, 4.69) is 25.9 Å². The Bertz CT molecular complexity index is 517. The second kappa shape index (κ2) is 5.54. The van der Waals surface area contributed by atoms with Crippen LogP contribution in [0.1, 0.15) is 5.56 Å². The quantitative estimate of drug-likeness (QED) is 0.855. The van der Waals surface area contributed by atoms with Crippen LogP contribution in [0.2, 0.25) is 5.02 Å². The van der Waals surface area contributed by atoms with Gasteiger partial charge in [-0.1, -0.05) is 16.7 Å². The minimum atomic E-state index is 0.399. The lowest BCUT2D eigenvalue weighted by Crippen LogP contribution is -2.04. The molecule has 0 unspecified atom stereocenters. The Morgan fingerprint density at radius 1 is 1.33 bits per heavy atom. The fraction of sp³-hybridized carbons (Fsp3) is 0.300. The number of anilines is 1. The van der Waals surface area contributed by atoms with Crippen molar-refractivity contribution in [1.82, 2.24) is 20.6 Å². The fourth-order valence-corrected chi connectivity index (χ4v) is 1.78. The Hall–Kier alpha value is -2.02. The number of nitrogens with zero attached hydrogens (tertiary/aromatic N) is 3. The van der Waals surface area contributed by atoms with Crippen molar-refractivity contribution in [3.8, 4) is 11.5 Å². The van der Waals surface area contributed by atoms with Crippen molar-refractivity contribution in [2.45, 2.75) is 6.54 Å². The molecule has 0 saturated carbocycles. The Morgan fingerprint density at radius 2 is 2.17 bits per heavy atom. The molecule has 18 heavy (non-hydrogen) atoms. The monoisotopic (exact) mass is 269 g/mol. The van der Waals surface area contributed by atoms with Crippen LogP contribution in [0.25, 0.3) is 0 Å². The van der Waals surface area contributed by atoms with Crippen molar-refractivity contribution >= 4 is 17.5 Å². The number of benzene rings is 1. The molecule has 2 aromatic rings. The molecule has 0 radical (unpaired) electrons. The first-order valence-corrected chi connectivity index (χ1v) is 5.50. The van der Waals surface area contributed by atoms with Crippen molar-refractivity contribution in [2.75, 3.05) is 19.5 Å². The van der Waals surface area contributed by atoms with E-state index >= 15 is 0 Å². The van der Waals surface area contributed by atoms with Gasteiger partial charge in [0.2, 0.25) is 0 Å². The number of aromatic amines is 1. The molecule has 0 amide bonds. The molecule has 2 N–H and O–H groups in total. The maximum absolute atomic E-state index is 6.01. The molecule has 2 rings (SSSR count). The maximum Gasteiger partial charge on any atom is 0.263 e. The molecule has 1 aromatic carbocycles. The summed E-state index contributed by atoms with van der Waals surface area (Å²) in [5.74, 6) is 1.60. The Labute approximate surface area is 108 Å². The third-order valence-corrected chi connectivity index (χ3v) is 2.52. The average Bonchev–Trinajstić information content (AvgIpc) is 2.88. The minimum Gasteiger partial charge on any atom is -0.493 e.